The van der Waals surface area contributed by atoms with Gasteiger partial charge < -0.3 is 19.6 Å². The summed E-state index contributed by atoms with van der Waals surface area (Å²) < 4.78 is 5.26. The van der Waals surface area contributed by atoms with Crippen molar-refractivity contribution in [2.75, 3.05) is 25.1 Å². The summed E-state index contributed by atoms with van der Waals surface area (Å²) in [6.45, 7) is 5.54. The third kappa shape index (κ3) is 5.00. The molecule has 0 saturated carbocycles. The molecule has 1 heterocycles. The number of ether oxygens (including phenoxy) is 1. The standard InChI is InChI=1S/C24H26N2O4/c1-17-15-25(16-22(27)26(17)20-9-6-10-21(14-20)30-4)23(28)19-8-5-7-18(13-19)11-12-24(2,3)29/h5-10,13-14,17,29H,15-16H2,1-4H3. The zero-order valence-corrected chi connectivity index (χ0v) is 17.7. The third-order valence-corrected chi connectivity index (χ3v) is 4.76. The summed E-state index contributed by atoms with van der Waals surface area (Å²) in [6, 6.07) is 14.1. The number of carbonyl (C=O) groups excluding carboxylic acids is 2. The molecule has 0 spiro atoms. The number of amides is 2. The van der Waals surface area contributed by atoms with Gasteiger partial charge in [0.05, 0.1) is 13.2 Å². The lowest BCUT2D eigenvalue weighted by Gasteiger charge is -2.39. The predicted octanol–water partition coefficient (Wildman–Crippen LogP) is 2.70. The van der Waals surface area contributed by atoms with Crippen LogP contribution in [0, 0.1) is 11.8 Å². The molecule has 2 aromatic carbocycles. The van der Waals surface area contributed by atoms with Gasteiger partial charge in [-0.25, -0.2) is 0 Å². The lowest BCUT2D eigenvalue weighted by molar-refractivity contribution is -0.121. The van der Waals surface area contributed by atoms with E-state index in [0.29, 0.717) is 23.4 Å². The molecule has 0 aromatic heterocycles. The molecule has 1 aliphatic heterocycles. The molecule has 6 heteroatoms. The molecule has 0 bridgehead atoms. The summed E-state index contributed by atoms with van der Waals surface area (Å²) in [4.78, 5) is 29.2. The Morgan fingerprint density at radius 2 is 1.93 bits per heavy atom. The zero-order valence-electron chi connectivity index (χ0n) is 17.7. The fourth-order valence-electron chi connectivity index (χ4n) is 3.40. The van der Waals surface area contributed by atoms with Crippen LogP contribution in [0.2, 0.25) is 0 Å². The number of hydrogen-bond acceptors (Lipinski definition) is 4. The first kappa shape index (κ1) is 21.4. The van der Waals surface area contributed by atoms with E-state index < -0.39 is 5.60 Å². The molecule has 0 radical (unpaired) electrons. The minimum Gasteiger partial charge on any atom is -0.497 e. The molecule has 156 valence electrons. The Labute approximate surface area is 177 Å². The molecule has 0 aliphatic carbocycles. The van der Waals surface area contributed by atoms with Crippen molar-refractivity contribution in [2.45, 2.75) is 32.4 Å². The maximum Gasteiger partial charge on any atom is 0.254 e. The van der Waals surface area contributed by atoms with Gasteiger partial charge in [-0.05, 0) is 51.1 Å². The second-order valence-corrected chi connectivity index (χ2v) is 7.89. The van der Waals surface area contributed by atoms with Crippen LogP contribution in [0.1, 0.15) is 36.7 Å². The van der Waals surface area contributed by atoms with Gasteiger partial charge >= 0.3 is 0 Å². The number of aliphatic hydroxyl groups is 1. The van der Waals surface area contributed by atoms with Crippen molar-refractivity contribution >= 4 is 17.5 Å². The average molecular weight is 406 g/mol. The SMILES string of the molecule is COc1cccc(N2C(=O)CN(C(=O)c3cccc(C#CC(C)(C)O)c3)CC2C)c1. The van der Waals surface area contributed by atoms with Crippen molar-refractivity contribution in [1.29, 1.82) is 0 Å². The Kier molecular flexibility index (Phi) is 6.14. The number of benzene rings is 2. The quantitative estimate of drug-likeness (QED) is 0.796. The second kappa shape index (κ2) is 8.60. The highest BCUT2D eigenvalue weighted by Crippen LogP contribution is 2.26. The van der Waals surface area contributed by atoms with E-state index in [0.717, 1.165) is 5.69 Å². The van der Waals surface area contributed by atoms with E-state index in [2.05, 4.69) is 11.8 Å². The van der Waals surface area contributed by atoms with E-state index in [1.54, 1.807) is 55.0 Å². The van der Waals surface area contributed by atoms with E-state index in [1.165, 1.54) is 0 Å². The molecule has 6 nitrogen and oxygen atoms in total. The molecular formula is C24H26N2O4. The highest BCUT2D eigenvalue weighted by molar-refractivity contribution is 6.02. The predicted molar refractivity (Wildman–Crippen MR) is 115 cm³/mol. The molecular weight excluding hydrogens is 380 g/mol. The van der Waals surface area contributed by atoms with Gasteiger partial charge in [0.15, 0.2) is 0 Å². The minimum atomic E-state index is -1.11. The van der Waals surface area contributed by atoms with Crippen LogP contribution >= 0.6 is 0 Å². The minimum absolute atomic E-state index is 0.0000393. The van der Waals surface area contributed by atoms with E-state index in [4.69, 9.17) is 4.74 Å². The number of rotatable bonds is 3. The van der Waals surface area contributed by atoms with Gasteiger partial charge in [-0.15, -0.1) is 0 Å². The van der Waals surface area contributed by atoms with Crippen LogP contribution in [0.5, 0.6) is 5.75 Å². The smallest absolute Gasteiger partial charge is 0.254 e. The maximum atomic E-state index is 13.0. The van der Waals surface area contributed by atoms with Gasteiger partial charge in [0.2, 0.25) is 5.91 Å². The van der Waals surface area contributed by atoms with Crippen molar-refractivity contribution in [3.05, 3.63) is 59.7 Å². The van der Waals surface area contributed by atoms with Crippen LogP contribution in [-0.2, 0) is 4.79 Å². The Hall–Kier alpha value is -3.30. The average Bonchev–Trinajstić information content (AvgIpc) is 2.71. The molecule has 2 amide bonds. The van der Waals surface area contributed by atoms with Gasteiger partial charge in [-0.1, -0.05) is 24.0 Å². The number of methoxy groups -OCH3 is 1. The van der Waals surface area contributed by atoms with Crippen LogP contribution < -0.4 is 9.64 Å². The molecule has 2 aromatic rings. The van der Waals surface area contributed by atoms with Crippen molar-refractivity contribution in [3.8, 4) is 17.6 Å². The van der Waals surface area contributed by atoms with Crippen molar-refractivity contribution in [2.24, 2.45) is 0 Å². The molecule has 30 heavy (non-hydrogen) atoms. The molecule has 1 aliphatic rings. The van der Waals surface area contributed by atoms with Gasteiger partial charge in [-0.3, -0.25) is 9.59 Å². The van der Waals surface area contributed by atoms with Gasteiger partial charge in [0.1, 0.15) is 17.9 Å². The number of hydrogen-bond donors (Lipinski definition) is 1. The third-order valence-electron chi connectivity index (χ3n) is 4.76. The van der Waals surface area contributed by atoms with Gasteiger partial charge in [0.25, 0.3) is 5.91 Å². The van der Waals surface area contributed by atoms with Crippen molar-refractivity contribution < 1.29 is 19.4 Å². The molecule has 1 unspecified atom stereocenters. The zero-order chi connectivity index (χ0) is 21.9. The largest absolute Gasteiger partial charge is 0.497 e. The summed E-state index contributed by atoms with van der Waals surface area (Å²) >= 11 is 0. The summed E-state index contributed by atoms with van der Waals surface area (Å²) in [7, 11) is 1.58. The first-order chi connectivity index (χ1) is 14.2. The van der Waals surface area contributed by atoms with Gasteiger partial charge in [0, 0.05) is 29.4 Å². The number of carbonyl (C=O) groups is 2. The molecule has 1 atom stereocenters. The fraction of sp³-hybridized carbons (Fsp3) is 0.333. The first-order valence-electron chi connectivity index (χ1n) is 9.79. The Balaban J connectivity index is 1.78. The monoisotopic (exact) mass is 406 g/mol. The Bertz CT molecular complexity index is 1010. The Morgan fingerprint density at radius 1 is 1.20 bits per heavy atom. The highest BCUT2D eigenvalue weighted by atomic mass is 16.5. The van der Waals surface area contributed by atoms with E-state index in [9.17, 15) is 14.7 Å². The first-order valence-corrected chi connectivity index (χ1v) is 9.79. The number of nitrogens with zero attached hydrogens (tertiary/aromatic N) is 2. The number of piperazine rings is 1. The van der Waals surface area contributed by atoms with Crippen LogP contribution in [0.25, 0.3) is 0 Å². The fourth-order valence-corrected chi connectivity index (χ4v) is 3.40. The van der Waals surface area contributed by atoms with Crippen molar-refractivity contribution in [3.63, 3.8) is 0 Å². The molecule has 3 rings (SSSR count). The van der Waals surface area contributed by atoms with Crippen LogP contribution in [0.15, 0.2) is 48.5 Å². The van der Waals surface area contributed by atoms with E-state index in [1.807, 2.05) is 31.2 Å². The van der Waals surface area contributed by atoms with E-state index in [-0.39, 0.29) is 24.4 Å². The molecule has 1 saturated heterocycles. The Morgan fingerprint density at radius 3 is 2.60 bits per heavy atom. The summed E-state index contributed by atoms with van der Waals surface area (Å²) in [6.07, 6.45) is 0. The van der Waals surface area contributed by atoms with Crippen LogP contribution in [-0.4, -0.2) is 53.7 Å². The molecule has 1 fully saturated rings. The van der Waals surface area contributed by atoms with E-state index >= 15 is 0 Å². The lowest BCUT2D eigenvalue weighted by atomic mass is 10.1. The summed E-state index contributed by atoms with van der Waals surface area (Å²) in [5.74, 6) is 5.94. The highest BCUT2D eigenvalue weighted by Gasteiger charge is 2.33. The topological polar surface area (TPSA) is 70.1 Å². The number of anilines is 1. The molecule has 1 N–H and O–H groups in total. The van der Waals surface area contributed by atoms with Crippen LogP contribution in [0.4, 0.5) is 5.69 Å². The second-order valence-electron chi connectivity index (χ2n) is 7.89. The normalized spacial score (nSPS) is 16.7. The van der Waals surface area contributed by atoms with Crippen molar-refractivity contribution in [1.82, 2.24) is 4.90 Å². The summed E-state index contributed by atoms with van der Waals surface area (Å²) in [5.41, 5.74) is 0.741. The maximum absolute atomic E-state index is 13.0. The summed E-state index contributed by atoms with van der Waals surface area (Å²) in [5, 5.41) is 9.77. The van der Waals surface area contributed by atoms with Crippen LogP contribution in [0.3, 0.4) is 0 Å². The lowest BCUT2D eigenvalue weighted by Crippen LogP contribution is -2.57. The van der Waals surface area contributed by atoms with Gasteiger partial charge in [-0.2, -0.15) is 0 Å².